The van der Waals surface area contributed by atoms with E-state index in [1.165, 1.54) is 24.2 Å². The molecule has 0 amide bonds. The Balaban J connectivity index is 0.00000100. The molecule has 0 radical (unpaired) electrons. The molecule has 0 aromatic carbocycles. The van der Waals surface area contributed by atoms with Gasteiger partial charge in [0, 0.05) is 0 Å². The summed E-state index contributed by atoms with van der Waals surface area (Å²) in [5.41, 5.74) is 2.61. The summed E-state index contributed by atoms with van der Waals surface area (Å²) in [7, 11) is 0. The second kappa shape index (κ2) is 7.15. The number of rotatable bonds is 2. The van der Waals surface area contributed by atoms with Crippen molar-refractivity contribution in [2.24, 2.45) is 17.8 Å². The van der Waals surface area contributed by atoms with Crippen molar-refractivity contribution in [2.45, 2.75) is 92.2 Å². The van der Waals surface area contributed by atoms with Crippen LogP contribution in [0, 0.1) is 17.8 Å². The molecule has 3 unspecified atom stereocenters. The van der Waals surface area contributed by atoms with Crippen molar-refractivity contribution < 1.29 is 4.74 Å². The zero-order chi connectivity index (χ0) is 18.1. The van der Waals surface area contributed by atoms with Crippen LogP contribution in [0.25, 0.3) is 0 Å². The molecule has 3 rings (SSSR count). The van der Waals surface area contributed by atoms with Crippen LogP contribution >= 0.6 is 0 Å². The van der Waals surface area contributed by atoms with Crippen LogP contribution in [-0.4, -0.2) is 27.2 Å². The minimum Gasteiger partial charge on any atom is -0.376 e. The summed E-state index contributed by atoms with van der Waals surface area (Å²) in [5.74, 6) is 2.45. The molecular weight excluding hydrogens is 298 g/mol. The van der Waals surface area contributed by atoms with E-state index >= 15 is 0 Å². The maximum atomic E-state index is 6.03. The SMILES string of the molecule is CC.CC(C)(C)OCC1C2CCc3nnn(C(C)(C)C)c3CCC21. The van der Waals surface area contributed by atoms with E-state index in [1.54, 1.807) is 0 Å². The van der Waals surface area contributed by atoms with Gasteiger partial charge in [0.25, 0.3) is 0 Å². The summed E-state index contributed by atoms with van der Waals surface area (Å²) < 4.78 is 8.17. The Labute approximate surface area is 148 Å². The summed E-state index contributed by atoms with van der Waals surface area (Å²) in [4.78, 5) is 0. The lowest BCUT2D eigenvalue weighted by Crippen LogP contribution is -2.26. The number of hydrogen-bond donors (Lipinski definition) is 0. The highest BCUT2D eigenvalue weighted by Crippen LogP contribution is 2.53. The third kappa shape index (κ3) is 4.38. The third-order valence-electron chi connectivity index (χ3n) is 5.13. The van der Waals surface area contributed by atoms with Crippen molar-refractivity contribution in [3.8, 4) is 0 Å². The third-order valence-corrected chi connectivity index (χ3v) is 5.13. The van der Waals surface area contributed by atoms with Crippen LogP contribution in [0.15, 0.2) is 0 Å². The summed E-state index contributed by atoms with van der Waals surface area (Å²) >= 11 is 0. The van der Waals surface area contributed by atoms with E-state index in [-0.39, 0.29) is 11.1 Å². The molecule has 1 heterocycles. The minimum absolute atomic E-state index is 0.0187. The molecule has 138 valence electrons. The molecule has 2 aliphatic carbocycles. The largest absolute Gasteiger partial charge is 0.376 e. The van der Waals surface area contributed by atoms with Crippen LogP contribution in [-0.2, 0) is 23.1 Å². The first-order valence-electron chi connectivity index (χ1n) is 9.75. The zero-order valence-electron chi connectivity index (χ0n) is 17.0. The van der Waals surface area contributed by atoms with Crippen molar-refractivity contribution in [1.82, 2.24) is 15.0 Å². The Kier molecular flexibility index (Phi) is 5.79. The average Bonchev–Trinajstić information content (AvgIpc) is 2.94. The Morgan fingerprint density at radius 3 is 2.12 bits per heavy atom. The van der Waals surface area contributed by atoms with Gasteiger partial charge in [-0.2, -0.15) is 0 Å². The van der Waals surface area contributed by atoms with Crippen molar-refractivity contribution in [2.75, 3.05) is 6.61 Å². The first-order valence-corrected chi connectivity index (χ1v) is 9.75. The van der Waals surface area contributed by atoms with Crippen molar-refractivity contribution in [3.05, 3.63) is 11.4 Å². The Morgan fingerprint density at radius 2 is 1.58 bits per heavy atom. The molecule has 1 aromatic rings. The fourth-order valence-corrected chi connectivity index (χ4v) is 3.90. The molecule has 4 heteroatoms. The predicted octanol–water partition coefficient (Wildman–Crippen LogP) is 4.62. The van der Waals surface area contributed by atoms with E-state index in [0.29, 0.717) is 0 Å². The van der Waals surface area contributed by atoms with Crippen LogP contribution in [0.1, 0.15) is 79.6 Å². The quantitative estimate of drug-likeness (QED) is 0.792. The number of hydrogen-bond acceptors (Lipinski definition) is 3. The van der Waals surface area contributed by atoms with Crippen molar-refractivity contribution >= 4 is 0 Å². The molecule has 4 nitrogen and oxygen atoms in total. The van der Waals surface area contributed by atoms with Gasteiger partial charge in [0.05, 0.1) is 29.1 Å². The van der Waals surface area contributed by atoms with E-state index in [9.17, 15) is 0 Å². The lowest BCUT2D eigenvalue weighted by molar-refractivity contribution is -0.0122. The molecule has 1 fully saturated rings. The standard InChI is InChI=1S/C18H31N3O.C2H6/c1-17(2,3)21-16-10-8-13-12(7-9-15(16)19-20-21)14(13)11-22-18(4,5)6;1-2/h12-14H,7-11H2,1-6H3;1-2H3. The van der Waals surface area contributed by atoms with Gasteiger partial charge in [-0.1, -0.05) is 19.1 Å². The van der Waals surface area contributed by atoms with Gasteiger partial charge in [0.2, 0.25) is 0 Å². The van der Waals surface area contributed by atoms with E-state index in [0.717, 1.165) is 37.2 Å². The van der Waals surface area contributed by atoms with Gasteiger partial charge in [-0.15, -0.1) is 5.10 Å². The Bertz CT molecular complexity index is 536. The van der Waals surface area contributed by atoms with Gasteiger partial charge < -0.3 is 4.74 Å². The molecule has 24 heavy (non-hydrogen) atoms. The van der Waals surface area contributed by atoms with Gasteiger partial charge in [-0.3, -0.25) is 0 Å². The normalized spacial score (nSPS) is 26.4. The van der Waals surface area contributed by atoms with Gasteiger partial charge >= 0.3 is 0 Å². The van der Waals surface area contributed by atoms with E-state index in [4.69, 9.17) is 4.74 Å². The highest BCUT2D eigenvalue weighted by Gasteiger charge is 2.50. The molecule has 1 saturated carbocycles. The summed E-state index contributed by atoms with van der Waals surface area (Å²) in [6.07, 6.45) is 4.71. The van der Waals surface area contributed by atoms with Gasteiger partial charge in [0.1, 0.15) is 0 Å². The molecule has 0 aliphatic heterocycles. The molecule has 3 atom stereocenters. The maximum Gasteiger partial charge on any atom is 0.0859 e. The van der Waals surface area contributed by atoms with Crippen molar-refractivity contribution in [1.29, 1.82) is 0 Å². The smallest absolute Gasteiger partial charge is 0.0859 e. The summed E-state index contributed by atoms with van der Waals surface area (Å²) in [5, 5.41) is 8.89. The maximum absolute atomic E-state index is 6.03. The number of fused-ring (bicyclic) bond motifs is 2. The van der Waals surface area contributed by atoms with Crippen LogP contribution in [0.5, 0.6) is 0 Å². The lowest BCUT2D eigenvalue weighted by Gasteiger charge is -2.22. The van der Waals surface area contributed by atoms with Gasteiger partial charge in [-0.25, -0.2) is 4.68 Å². The van der Waals surface area contributed by atoms with E-state index in [2.05, 4.69) is 56.5 Å². The average molecular weight is 336 g/mol. The second-order valence-corrected chi connectivity index (χ2v) is 9.06. The first kappa shape index (κ1) is 19.4. The molecule has 0 bridgehead atoms. The van der Waals surface area contributed by atoms with E-state index in [1.807, 2.05) is 13.8 Å². The highest BCUT2D eigenvalue weighted by atomic mass is 16.5. The van der Waals surface area contributed by atoms with Crippen LogP contribution in [0.4, 0.5) is 0 Å². The highest BCUT2D eigenvalue weighted by molar-refractivity contribution is 5.16. The zero-order valence-corrected chi connectivity index (χ0v) is 17.0. The van der Waals surface area contributed by atoms with Crippen molar-refractivity contribution in [3.63, 3.8) is 0 Å². The van der Waals surface area contributed by atoms with E-state index < -0.39 is 0 Å². The molecule has 0 N–H and O–H groups in total. The number of aryl methyl sites for hydroxylation is 1. The number of aromatic nitrogens is 3. The minimum atomic E-state index is -0.0187. The molecule has 0 spiro atoms. The monoisotopic (exact) mass is 335 g/mol. The molecular formula is C20H37N3O. The molecule has 0 saturated heterocycles. The molecule has 1 aromatic heterocycles. The fraction of sp³-hybridized carbons (Fsp3) is 0.900. The predicted molar refractivity (Wildman–Crippen MR) is 99.2 cm³/mol. The van der Waals surface area contributed by atoms with Crippen LogP contribution < -0.4 is 0 Å². The van der Waals surface area contributed by atoms with Gasteiger partial charge in [-0.05, 0) is 85.0 Å². The number of ether oxygens (including phenoxy) is 1. The Morgan fingerprint density at radius 1 is 1.00 bits per heavy atom. The summed E-state index contributed by atoms with van der Waals surface area (Å²) in [6.45, 7) is 18.0. The first-order chi connectivity index (χ1) is 11.2. The summed E-state index contributed by atoms with van der Waals surface area (Å²) in [6, 6.07) is 0. The van der Waals surface area contributed by atoms with Crippen LogP contribution in [0.2, 0.25) is 0 Å². The number of nitrogens with zero attached hydrogens (tertiary/aromatic N) is 3. The second-order valence-electron chi connectivity index (χ2n) is 9.06. The van der Waals surface area contributed by atoms with Gasteiger partial charge in [0.15, 0.2) is 0 Å². The Hall–Kier alpha value is -0.900. The topological polar surface area (TPSA) is 39.9 Å². The van der Waals surface area contributed by atoms with Crippen LogP contribution in [0.3, 0.4) is 0 Å². The lowest BCUT2D eigenvalue weighted by atomic mass is 10.00. The fourth-order valence-electron chi connectivity index (χ4n) is 3.90. The molecule has 2 aliphatic rings.